The van der Waals surface area contributed by atoms with Crippen LogP contribution in [0.15, 0.2) is 110 Å². The first kappa shape index (κ1) is 32.9. The molecule has 34 heavy (non-hydrogen) atoms. The first-order valence-electron chi connectivity index (χ1n) is 9.04. The van der Waals surface area contributed by atoms with Crippen LogP contribution in [0.3, 0.4) is 0 Å². The predicted octanol–water partition coefficient (Wildman–Crippen LogP) is 2.65. The summed E-state index contributed by atoms with van der Waals surface area (Å²) in [6.45, 7) is 0. The fraction of sp³-hybridized carbons (Fsp3) is 0. The van der Waals surface area contributed by atoms with E-state index in [1.54, 1.807) is 24.8 Å². The van der Waals surface area contributed by atoms with Crippen LogP contribution in [0.1, 0.15) is 20.7 Å². The van der Waals surface area contributed by atoms with Gasteiger partial charge in [0, 0.05) is 34.8 Å². The van der Waals surface area contributed by atoms with Crippen molar-refractivity contribution in [2.45, 2.75) is 0 Å². The van der Waals surface area contributed by atoms with Crippen LogP contribution in [0, 0.1) is 0 Å². The molecule has 0 saturated heterocycles. The van der Waals surface area contributed by atoms with Gasteiger partial charge in [-0.15, -0.1) is 0 Å². The van der Waals surface area contributed by atoms with Crippen molar-refractivity contribution in [3.8, 4) is 0 Å². The quantitative estimate of drug-likeness (QED) is 0.354. The standard InChI is InChI=1S/2C7H5ClO2.2C5H5N.Co.H2O/c2*8-6-3-1-5(2-4-6)7(9)10;2*1-2-4-6-5-3-1;;/h2*1-4H,(H,9,10);2*1-5H;;1H2/q;;;;+2;/p-1. The summed E-state index contributed by atoms with van der Waals surface area (Å²) in [7, 11) is 0. The van der Waals surface area contributed by atoms with Gasteiger partial charge < -0.3 is 25.3 Å². The van der Waals surface area contributed by atoms with Crippen molar-refractivity contribution in [3.05, 3.63) is 131 Å². The van der Waals surface area contributed by atoms with Crippen LogP contribution >= 0.6 is 23.2 Å². The number of carboxylic acids is 2. The molecule has 2 aromatic heterocycles. The molecule has 1 radical (unpaired) electrons. The van der Waals surface area contributed by atoms with Gasteiger partial charge in [-0.3, -0.25) is 9.97 Å². The monoisotopic (exact) mass is 546 g/mol. The van der Waals surface area contributed by atoms with Crippen molar-refractivity contribution in [2.24, 2.45) is 0 Å². The Hall–Kier alpha value is -3.27. The summed E-state index contributed by atoms with van der Waals surface area (Å²) in [4.78, 5) is 27.9. The third-order valence-corrected chi connectivity index (χ3v) is 3.80. The molecule has 3 N–H and O–H groups in total. The second kappa shape index (κ2) is 20.3. The van der Waals surface area contributed by atoms with Crippen molar-refractivity contribution < 1.29 is 42.1 Å². The minimum atomic E-state index is -1.18. The molecule has 2 heterocycles. The summed E-state index contributed by atoms with van der Waals surface area (Å²) in [5.41, 5.74) is 0.286. The Balaban J connectivity index is 0. The van der Waals surface area contributed by atoms with Gasteiger partial charge in [-0.25, -0.2) is 0 Å². The van der Waals surface area contributed by atoms with Crippen LogP contribution in [-0.4, -0.2) is 21.9 Å². The smallest absolute Gasteiger partial charge is 0.545 e. The number of nitrogens with zero attached hydrogens (tertiary/aromatic N) is 2. The molecule has 2 aromatic carbocycles. The van der Waals surface area contributed by atoms with Gasteiger partial charge in [0.05, 0.1) is 11.9 Å². The van der Waals surface area contributed by atoms with Crippen LogP contribution in [-0.2, 0) is 22.3 Å². The first-order valence-corrected chi connectivity index (χ1v) is 9.79. The van der Waals surface area contributed by atoms with E-state index < -0.39 is 11.9 Å². The first-order chi connectivity index (χ1) is 15.4. The zero-order valence-corrected chi connectivity index (χ0v) is 20.1. The van der Waals surface area contributed by atoms with Crippen LogP contribution in [0.2, 0.25) is 10.0 Å². The summed E-state index contributed by atoms with van der Waals surface area (Å²) in [6, 6.07) is 23.1. The van der Waals surface area contributed by atoms with E-state index in [2.05, 4.69) is 9.97 Å². The number of aromatic nitrogens is 2. The van der Waals surface area contributed by atoms with Gasteiger partial charge in [0.25, 0.3) is 0 Å². The largest absolute Gasteiger partial charge is 2.00 e. The van der Waals surface area contributed by atoms with E-state index in [0.29, 0.717) is 10.0 Å². The van der Waals surface area contributed by atoms with Crippen molar-refractivity contribution in [1.29, 1.82) is 0 Å². The molecule has 0 aliphatic carbocycles. The maximum Gasteiger partial charge on any atom is 2.00 e. The Kier molecular flexibility index (Phi) is 19.7. The molecule has 0 bridgehead atoms. The van der Waals surface area contributed by atoms with Gasteiger partial charge >= 0.3 is 16.8 Å². The van der Waals surface area contributed by atoms with E-state index in [1.165, 1.54) is 48.5 Å². The Morgan fingerprint density at radius 2 is 0.824 bits per heavy atom. The zero-order valence-electron chi connectivity index (χ0n) is 17.6. The molecule has 4 aromatic rings. The Morgan fingerprint density at radius 3 is 0.971 bits per heavy atom. The van der Waals surface area contributed by atoms with Crippen LogP contribution in [0.4, 0.5) is 0 Å². The summed E-state index contributed by atoms with van der Waals surface area (Å²) in [5.74, 6) is -2.37. The van der Waals surface area contributed by atoms with E-state index >= 15 is 0 Å². The SMILES string of the molecule is O=C([O-])c1ccc(Cl)cc1.O=C([O-])c1ccc(Cl)cc1.[Co+2].[OH3+].c1ccncc1.c1ccncc1. The molecule has 0 fully saturated rings. The van der Waals surface area contributed by atoms with E-state index in [1.807, 2.05) is 36.4 Å². The van der Waals surface area contributed by atoms with Gasteiger partial charge in [0.1, 0.15) is 0 Å². The number of hydrogen-bond acceptors (Lipinski definition) is 6. The molecule has 0 spiro atoms. The molecule has 0 aliphatic heterocycles. The van der Waals surface area contributed by atoms with Crippen molar-refractivity contribution >= 4 is 35.1 Å². The third-order valence-electron chi connectivity index (χ3n) is 3.29. The van der Waals surface area contributed by atoms with Crippen LogP contribution < -0.4 is 10.2 Å². The van der Waals surface area contributed by atoms with E-state index in [-0.39, 0.29) is 33.4 Å². The molecular weight excluding hydrogens is 526 g/mol. The molecule has 4 rings (SSSR count). The number of rotatable bonds is 2. The van der Waals surface area contributed by atoms with Gasteiger partial charge in [-0.1, -0.05) is 59.6 Å². The fourth-order valence-electron chi connectivity index (χ4n) is 1.80. The average molecular weight is 547 g/mol. The molecular formula is C24H21Cl2CoN2O5+. The maximum absolute atomic E-state index is 10.2. The van der Waals surface area contributed by atoms with Gasteiger partial charge in [-0.05, 0) is 59.7 Å². The molecule has 10 heteroatoms. The molecule has 0 saturated carbocycles. The van der Waals surface area contributed by atoms with Crippen LogP contribution in [0.25, 0.3) is 0 Å². The minimum Gasteiger partial charge on any atom is -0.545 e. The third kappa shape index (κ3) is 16.4. The number of carbonyl (C=O) groups excluding carboxylic acids is 2. The minimum absolute atomic E-state index is 0. The van der Waals surface area contributed by atoms with Crippen molar-refractivity contribution in [2.75, 3.05) is 0 Å². The number of pyridine rings is 2. The van der Waals surface area contributed by atoms with Gasteiger partial charge in [0.2, 0.25) is 0 Å². The second-order valence-electron chi connectivity index (χ2n) is 5.64. The Labute approximate surface area is 217 Å². The number of hydrogen-bond donors (Lipinski definition) is 0. The topological polar surface area (TPSA) is 139 Å². The Bertz CT molecular complexity index is 900. The fourth-order valence-corrected chi connectivity index (χ4v) is 2.05. The van der Waals surface area contributed by atoms with Gasteiger partial charge in [-0.2, -0.15) is 0 Å². The van der Waals surface area contributed by atoms with E-state index in [4.69, 9.17) is 23.2 Å². The molecule has 0 aliphatic rings. The summed E-state index contributed by atoms with van der Waals surface area (Å²) in [5, 5.41) is 21.4. The zero-order chi connectivity index (χ0) is 23.6. The maximum atomic E-state index is 10.2. The summed E-state index contributed by atoms with van der Waals surface area (Å²) < 4.78 is 0. The number of halogens is 2. The van der Waals surface area contributed by atoms with Crippen molar-refractivity contribution in [3.63, 3.8) is 0 Å². The molecule has 179 valence electrons. The summed E-state index contributed by atoms with van der Waals surface area (Å²) in [6.07, 6.45) is 7.00. The molecule has 7 nitrogen and oxygen atoms in total. The number of carboxylic acid groups (broad SMARTS) is 2. The number of benzene rings is 2. The van der Waals surface area contributed by atoms with E-state index in [9.17, 15) is 19.8 Å². The number of aromatic carboxylic acids is 2. The molecule has 0 unspecified atom stereocenters. The molecule has 0 atom stereocenters. The summed E-state index contributed by atoms with van der Waals surface area (Å²) >= 11 is 11.0. The van der Waals surface area contributed by atoms with Crippen LogP contribution in [0.5, 0.6) is 0 Å². The molecule has 0 amide bonds. The normalized spacial score (nSPS) is 8.29. The predicted molar refractivity (Wildman–Crippen MR) is 125 cm³/mol. The average Bonchev–Trinajstić information content (AvgIpc) is 2.83. The second-order valence-corrected chi connectivity index (χ2v) is 6.51. The van der Waals surface area contributed by atoms with Gasteiger partial charge in [0.15, 0.2) is 0 Å². The van der Waals surface area contributed by atoms with Crippen molar-refractivity contribution in [1.82, 2.24) is 9.97 Å². The number of carbonyl (C=O) groups is 2. The Morgan fingerprint density at radius 1 is 0.559 bits per heavy atom. The van der Waals surface area contributed by atoms with E-state index in [0.717, 1.165) is 0 Å².